The van der Waals surface area contributed by atoms with E-state index in [1.807, 2.05) is 19.1 Å². The van der Waals surface area contributed by atoms with Crippen molar-refractivity contribution in [3.05, 3.63) is 99.5 Å². The van der Waals surface area contributed by atoms with Crippen molar-refractivity contribution < 1.29 is 19.1 Å². The van der Waals surface area contributed by atoms with Crippen molar-refractivity contribution in [3.63, 3.8) is 0 Å². The molecule has 0 bridgehead atoms. The molecule has 32 heavy (non-hydrogen) atoms. The van der Waals surface area contributed by atoms with Crippen LogP contribution < -0.4 is 15.5 Å². The normalized spacial score (nSPS) is 10.6. The van der Waals surface area contributed by atoms with Gasteiger partial charge in [0.15, 0.2) is 0 Å². The van der Waals surface area contributed by atoms with Gasteiger partial charge in [-0.15, -0.1) is 0 Å². The quantitative estimate of drug-likeness (QED) is 0.226. The number of ether oxygens (including phenoxy) is 1. The number of rotatable bonds is 7. The van der Waals surface area contributed by atoms with Gasteiger partial charge in [-0.2, -0.15) is 5.10 Å². The zero-order valence-corrected chi connectivity index (χ0v) is 18.8. The van der Waals surface area contributed by atoms with Gasteiger partial charge in [-0.1, -0.05) is 51.8 Å². The molecule has 3 aromatic rings. The maximum Gasteiger partial charge on any atom is 0.343 e. The van der Waals surface area contributed by atoms with Crippen LogP contribution in [-0.4, -0.2) is 30.5 Å². The Bertz CT molecular complexity index is 1150. The third-order valence-corrected chi connectivity index (χ3v) is 4.79. The molecule has 0 heterocycles. The predicted octanol–water partition coefficient (Wildman–Crippen LogP) is 3.86. The standard InChI is InChI=1S/C24H20BrN3O4/c1-16-7-9-17(10-8-16)23(30)26-15-22(29)28-27-14-19-13-20(25)11-12-21(19)32-24(31)18-5-3-2-4-6-18/h2-14H,15H2,1H3,(H,26,30)(H,28,29)/b27-14-. The van der Waals surface area contributed by atoms with E-state index in [0.717, 1.165) is 10.0 Å². The molecule has 3 rings (SSSR count). The van der Waals surface area contributed by atoms with Gasteiger partial charge in [0.2, 0.25) is 0 Å². The summed E-state index contributed by atoms with van der Waals surface area (Å²) in [5, 5.41) is 6.43. The van der Waals surface area contributed by atoms with E-state index in [0.29, 0.717) is 16.7 Å². The van der Waals surface area contributed by atoms with Gasteiger partial charge in [-0.3, -0.25) is 9.59 Å². The molecule has 0 fully saturated rings. The first-order valence-electron chi connectivity index (χ1n) is 9.66. The lowest BCUT2D eigenvalue weighted by Gasteiger charge is -2.08. The van der Waals surface area contributed by atoms with Gasteiger partial charge in [-0.25, -0.2) is 10.2 Å². The lowest BCUT2D eigenvalue weighted by molar-refractivity contribution is -0.120. The van der Waals surface area contributed by atoms with E-state index in [9.17, 15) is 14.4 Å². The Morgan fingerprint density at radius 2 is 1.69 bits per heavy atom. The number of hydrogen-bond donors (Lipinski definition) is 2. The van der Waals surface area contributed by atoms with Crippen LogP contribution in [0.15, 0.2) is 82.4 Å². The molecule has 0 spiro atoms. The minimum atomic E-state index is -0.509. The maximum absolute atomic E-state index is 12.3. The second-order valence-corrected chi connectivity index (χ2v) is 7.70. The van der Waals surface area contributed by atoms with E-state index in [4.69, 9.17) is 4.74 Å². The molecule has 7 nitrogen and oxygen atoms in total. The van der Waals surface area contributed by atoms with Crippen LogP contribution in [0.1, 0.15) is 31.8 Å². The van der Waals surface area contributed by atoms with Crippen LogP contribution in [0, 0.1) is 6.92 Å². The summed E-state index contributed by atoms with van der Waals surface area (Å²) in [6.07, 6.45) is 1.36. The van der Waals surface area contributed by atoms with Crippen LogP contribution in [0.5, 0.6) is 5.75 Å². The van der Waals surface area contributed by atoms with Gasteiger partial charge in [0.1, 0.15) is 5.75 Å². The molecule has 162 valence electrons. The molecule has 0 aliphatic carbocycles. The number of carbonyl (C=O) groups excluding carboxylic acids is 3. The molecule has 2 N–H and O–H groups in total. The summed E-state index contributed by atoms with van der Waals surface area (Å²) < 4.78 is 6.21. The second kappa shape index (κ2) is 11.0. The van der Waals surface area contributed by atoms with E-state index in [2.05, 4.69) is 31.8 Å². The number of amides is 2. The average molecular weight is 494 g/mol. The fraction of sp³-hybridized carbons (Fsp3) is 0.0833. The molecule has 0 unspecified atom stereocenters. The Hall–Kier alpha value is -3.78. The zero-order valence-electron chi connectivity index (χ0n) is 17.2. The molecular weight excluding hydrogens is 474 g/mol. The molecule has 0 saturated carbocycles. The number of benzene rings is 3. The van der Waals surface area contributed by atoms with Gasteiger partial charge < -0.3 is 10.1 Å². The zero-order chi connectivity index (χ0) is 22.9. The molecule has 0 aromatic heterocycles. The summed E-state index contributed by atoms with van der Waals surface area (Å²) in [4.78, 5) is 36.4. The van der Waals surface area contributed by atoms with E-state index in [1.54, 1.807) is 60.7 Å². The molecule has 0 aliphatic rings. The highest BCUT2D eigenvalue weighted by Gasteiger charge is 2.11. The van der Waals surface area contributed by atoms with Gasteiger partial charge in [-0.05, 0) is 49.4 Å². The van der Waals surface area contributed by atoms with E-state index >= 15 is 0 Å². The minimum Gasteiger partial charge on any atom is -0.422 e. The van der Waals surface area contributed by atoms with E-state index in [1.165, 1.54) is 6.21 Å². The first kappa shape index (κ1) is 22.9. The van der Waals surface area contributed by atoms with Crippen LogP contribution in [0.25, 0.3) is 0 Å². The average Bonchev–Trinajstić information content (AvgIpc) is 2.80. The lowest BCUT2D eigenvalue weighted by atomic mass is 10.1. The summed E-state index contributed by atoms with van der Waals surface area (Å²) in [6.45, 7) is 1.69. The number of carbonyl (C=O) groups is 3. The summed E-state index contributed by atoms with van der Waals surface area (Å²) in [7, 11) is 0. The van der Waals surface area contributed by atoms with Crippen LogP contribution in [0.4, 0.5) is 0 Å². The molecule has 0 saturated heterocycles. The third-order valence-electron chi connectivity index (χ3n) is 4.30. The molecule has 0 atom stereocenters. The van der Waals surface area contributed by atoms with Crippen LogP contribution in [0.2, 0.25) is 0 Å². The Balaban J connectivity index is 1.57. The topological polar surface area (TPSA) is 96.9 Å². The molecule has 3 aromatic carbocycles. The van der Waals surface area contributed by atoms with Crippen molar-refractivity contribution in [2.24, 2.45) is 5.10 Å². The Labute approximate surface area is 193 Å². The fourth-order valence-corrected chi connectivity index (χ4v) is 3.01. The first-order valence-corrected chi connectivity index (χ1v) is 10.5. The van der Waals surface area contributed by atoms with Crippen molar-refractivity contribution in [1.29, 1.82) is 0 Å². The molecule has 2 amide bonds. The summed E-state index contributed by atoms with van der Waals surface area (Å²) in [6, 6.07) is 20.7. The second-order valence-electron chi connectivity index (χ2n) is 6.78. The largest absolute Gasteiger partial charge is 0.422 e. The number of nitrogens with one attached hydrogen (secondary N) is 2. The van der Waals surface area contributed by atoms with Crippen molar-refractivity contribution >= 4 is 39.9 Å². The monoisotopic (exact) mass is 493 g/mol. The highest BCUT2D eigenvalue weighted by molar-refractivity contribution is 9.10. The Kier molecular flexibility index (Phi) is 7.88. The lowest BCUT2D eigenvalue weighted by Crippen LogP contribution is -2.34. The fourth-order valence-electron chi connectivity index (χ4n) is 2.63. The smallest absolute Gasteiger partial charge is 0.343 e. The van der Waals surface area contributed by atoms with Crippen molar-refractivity contribution in [1.82, 2.24) is 10.7 Å². The van der Waals surface area contributed by atoms with Crippen LogP contribution in [-0.2, 0) is 4.79 Å². The first-order chi connectivity index (χ1) is 15.4. The number of nitrogens with zero attached hydrogens (tertiary/aromatic N) is 1. The van der Waals surface area contributed by atoms with Gasteiger partial charge in [0, 0.05) is 15.6 Å². The Morgan fingerprint density at radius 3 is 2.41 bits per heavy atom. The van der Waals surface area contributed by atoms with Crippen LogP contribution in [0.3, 0.4) is 0 Å². The summed E-state index contributed by atoms with van der Waals surface area (Å²) in [5.41, 5.74) is 4.73. The highest BCUT2D eigenvalue weighted by Crippen LogP contribution is 2.22. The Morgan fingerprint density at radius 1 is 0.969 bits per heavy atom. The van der Waals surface area contributed by atoms with Gasteiger partial charge >= 0.3 is 5.97 Å². The third kappa shape index (κ3) is 6.61. The predicted molar refractivity (Wildman–Crippen MR) is 125 cm³/mol. The minimum absolute atomic E-state index is 0.238. The SMILES string of the molecule is Cc1ccc(C(=O)NCC(=O)N/N=C\c2cc(Br)ccc2OC(=O)c2ccccc2)cc1. The van der Waals surface area contributed by atoms with E-state index in [-0.39, 0.29) is 18.2 Å². The molecule has 0 radical (unpaired) electrons. The number of hydrogen-bond acceptors (Lipinski definition) is 5. The molecule has 8 heteroatoms. The van der Waals surface area contributed by atoms with Crippen molar-refractivity contribution in [3.8, 4) is 5.75 Å². The number of esters is 1. The van der Waals surface area contributed by atoms with Gasteiger partial charge in [0.05, 0.1) is 18.3 Å². The molecular formula is C24H20BrN3O4. The number of aryl methyl sites for hydroxylation is 1. The molecule has 0 aliphatic heterocycles. The van der Waals surface area contributed by atoms with Crippen LogP contribution >= 0.6 is 15.9 Å². The maximum atomic E-state index is 12.3. The number of halogens is 1. The summed E-state index contributed by atoms with van der Waals surface area (Å²) in [5.74, 6) is -1.08. The van der Waals surface area contributed by atoms with E-state index < -0.39 is 11.9 Å². The van der Waals surface area contributed by atoms with Crippen molar-refractivity contribution in [2.45, 2.75) is 6.92 Å². The summed E-state index contributed by atoms with van der Waals surface area (Å²) >= 11 is 3.36. The van der Waals surface area contributed by atoms with Gasteiger partial charge in [0.25, 0.3) is 11.8 Å². The number of hydrazone groups is 1. The van der Waals surface area contributed by atoms with Crippen molar-refractivity contribution in [2.75, 3.05) is 6.54 Å². The highest BCUT2D eigenvalue weighted by atomic mass is 79.9.